The van der Waals surface area contributed by atoms with Crippen molar-refractivity contribution in [2.75, 3.05) is 0 Å². The number of benzene rings is 1. The normalized spacial score (nSPS) is 20.1. The molecule has 0 aliphatic heterocycles. The number of hydrogen-bond acceptors (Lipinski definition) is 1. The van der Waals surface area contributed by atoms with Gasteiger partial charge in [0.15, 0.2) is 0 Å². The molecule has 17 heavy (non-hydrogen) atoms. The van der Waals surface area contributed by atoms with Gasteiger partial charge in [-0.25, -0.2) is 0 Å². The van der Waals surface area contributed by atoms with Crippen molar-refractivity contribution in [2.45, 2.75) is 43.4 Å². The topological polar surface area (TPSA) is 17.1 Å². The van der Waals surface area contributed by atoms with Crippen molar-refractivity contribution in [3.63, 3.8) is 0 Å². The summed E-state index contributed by atoms with van der Waals surface area (Å²) in [4.78, 5) is 11.9. The molecule has 1 unspecified atom stereocenters. The Labute approximate surface area is 111 Å². The minimum atomic E-state index is 0.0226. The molecule has 0 heterocycles. The first-order chi connectivity index (χ1) is 8.24. The van der Waals surface area contributed by atoms with Crippen molar-refractivity contribution in [1.29, 1.82) is 0 Å². The van der Waals surface area contributed by atoms with Gasteiger partial charge in [0.05, 0.1) is 4.83 Å². The van der Waals surface area contributed by atoms with Gasteiger partial charge in [-0.05, 0) is 55.2 Å². The molecule has 0 aromatic heterocycles. The quantitative estimate of drug-likeness (QED) is 0.777. The summed E-state index contributed by atoms with van der Waals surface area (Å²) in [6.07, 6.45) is 6.79. The number of ketones is 1. The Balaban J connectivity index is 1.70. The van der Waals surface area contributed by atoms with Crippen LogP contribution < -0.4 is 0 Å². The second-order valence-electron chi connectivity index (χ2n) is 5.30. The predicted molar refractivity (Wildman–Crippen MR) is 72.6 cm³/mol. The van der Waals surface area contributed by atoms with Gasteiger partial charge in [0.2, 0.25) is 0 Å². The molecule has 1 atom stereocenters. The molecular weight excluding hydrogens is 276 g/mol. The van der Waals surface area contributed by atoms with E-state index in [1.165, 1.54) is 36.0 Å². The second-order valence-corrected chi connectivity index (χ2v) is 6.41. The number of alkyl halides is 1. The number of rotatable bonds is 4. The monoisotopic (exact) mass is 292 g/mol. The minimum absolute atomic E-state index is 0.0226. The van der Waals surface area contributed by atoms with Gasteiger partial charge < -0.3 is 0 Å². The summed E-state index contributed by atoms with van der Waals surface area (Å²) < 4.78 is 0. The first kappa shape index (κ1) is 11.5. The van der Waals surface area contributed by atoms with Crippen LogP contribution in [-0.4, -0.2) is 10.6 Å². The smallest absolute Gasteiger partial charge is 0.149 e. The van der Waals surface area contributed by atoms with Gasteiger partial charge in [0.25, 0.3) is 0 Å². The van der Waals surface area contributed by atoms with Crippen LogP contribution in [0.2, 0.25) is 0 Å². The van der Waals surface area contributed by atoms with E-state index in [1.807, 2.05) is 0 Å². The number of carbonyl (C=O) groups excluding carboxylic acids is 1. The lowest BCUT2D eigenvalue weighted by molar-refractivity contribution is -0.119. The molecule has 2 aliphatic rings. The SMILES string of the molecule is O=C(C(Br)Cc1ccc2c(c1)CCC2)C1CC1. The Morgan fingerprint density at radius 1 is 1.29 bits per heavy atom. The summed E-state index contributed by atoms with van der Waals surface area (Å²) in [6, 6.07) is 6.74. The van der Waals surface area contributed by atoms with Crippen molar-refractivity contribution >= 4 is 21.7 Å². The van der Waals surface area contributed by atoms with E-state index >= 15 is 0 Å². The molecule has 1 aromatic rings. The fourth-order valence-corrected chi connectivity index (χ4v) is 3.43. The van der Waals surface area contributed by atoms with Crippen LogP contribution >= 0.6 is 15.9 Å². The van der Waals surface area contributed by atoms with E-state index in [0.717, 1.165) is 19.3 Å². The van der Waals surface area contributed by atoms with Crippen LogP contribution in [0, 0.1) is 5.92 Å². The van der Waals surface area contributed by atoms with Crippen LogP contribution in [0.5, 0.6) is 0 Å². The molecule has 0 saturated heterocycles. The van der Waals surface area contributed by atoms with Crippen molar-refractivity contribution in [3.05, 3.63) is 34.9 Å². The maximum atomic E-state index is 11.9. The maximum absolute atomic E-state index is 11.9. The van der Waals surface area contributed by atoms with Gasteiger partial charge in [-0.2, -0.15) is 0 Å². The third-order valence-electron chi connectivity index (χ3n) is 3.87. The molecule has 0 amide bonds. The van der Waals surface area contributed by atoms with Crippen LogP contribution in [0.4, 0.5) is 0 Å². The van der Waals surface area contributed by atoms with Gasteiger partial charge in [-0.3, -0.25) is 4.79 Å². The molecule has 0 N–H and O–H groups in total. The number of fused-ring (bicyclic) bond motifs is 1. The molecule has 1 aromatic carbocycles. The molecule has 1 nitrogen and oxygen atoms in total. The highest BCUT2D eigenvalue weighted by Gasteiger charge is 2.33. The van der Waals surface area contributed by atoms with Gasteiger partial charge in [0, 0.05) is 5.92 Å². The summed E-state index contributed by atoms with van der Waals surface area (Å²) in [5.74, 6) is 0.763. The highest BCUT2D eigenvalue weighted by Crippen LogP contribution is 2.33. The summed E-state index contributed by atoms with van der Waals surface area (Å²) in [7, 11) is 0. The molecule has 2 heteroatoms. The van der Waals surface area contributed by atoms with E-state index in [-0.39, 0.29) is 4.83 Å². The maximum Gasteiger partial charge on any atom is 0.149 e. The molecule has 0 radical (unpaired) electrons. The Morgan fingerprint density at radius 2 is 2.06 bits per heavy atom. The van der Waals surface area contributed by atoms with Crippen LogP contribution in [0.3, 0.4) is 0 Å². The van der Waals surface area contributed by atoms with E-state index in [9.17, 15) is 4.79 Å². The number of Topliss-reactive ketones (excluding diaryl/α,β-unsaturated/α-hetero) is 1. The van der Waals surface area contributed by atoms with Crippen LogP contribution in [0.1, 0.15) is 36.0 Å². The molecule has 90 valence electrons. The van der Waals surface area contributed by atoms with E-state index < -0.39 is 0 Å². The van der Waals surface area contributed by atoms with Gasteiger partial charge >= 0.3 is 0 Å². The van der Waals surface area contributed by atoms with E-state index in [4.69, 9.17) is 0 Å². The summed E-state index contributed by atoms with van der Waals surface area (Å²) in [5, 5.41) is 0. The van der Waals surface area contributed by atoms with Crippen molar-refractivity contribution in [1.82, 2.24) is 0 Å². The van der Waals surface area contributed by atoms with Crippen LogP contribution in [-0.2, 0) is 24.1 Å². The van der Waals surface area contributed by atoms with Crippen molar-refractivity contribution in [2.24, 2.45) is 5.92 Å². The Hall–Kier alpha value is -0.630. The second kappa shape index (κ2) is 4.56. The molecule has 1 fully saturated rings. The van der Waals surface area contributed by atoms with E-state index in [1.54, 1.807) is 0 Å². The summed E-state index contributed by atoms with van der Waals surface area (Å²) >= 11 is 3.55. The van der Waals surface area contributed by atoms with E-state index in [2.05, 4.69) is 34.1 Å². The number of hydrogen-bond donors (Lipinski definition) is 0. The van der Waals surface area contributed by atoms with Gasteiger partial charge in [0.1, 0.15) is 5.78 Å². The van der Waals surface area contributed by atoms with Gasteiger partial charge in [-0.1, -0.05) is 34.1 Å². The highest BCUT2D eigenvalue weighted by molar-refractivity contribution is 9.10. The zero-order valence-electron chi connectivity index (χ0n) is 9.92. The number of carbonyl (C=O) groups is 1. The highest BCUT2D eigenvalue weighted by atomic mass is 79.9. The fraction of sp³-hybridized carbons (Fsp3) is 0.533. The van der Waals surface area contributed by atoms with Crippen LogP contribution in [0.15, 0.2) is 18.2 Å². The Kier molecular flexibility index (Phi) is 3.08. The lowest BCUT2D eigenvalue weighted by atomic mass is 10.0. The summed E-state index contributed by atoms with van der Waals surface area (Å²) in [5.41, 5.74) is 4.32. The molecule has 0 bridgehead atoms. The first-order valence-electron chi connectivity index (χ1n) is 6.52. The zero-order valence-corrected chi connectivity index (χ0v) is 11.5. The van der Waals surface area contributed by atoms with Crippen molar-refractivity contribution in [3.8, 4) is 0 Å². The number of aryl methyl sites for hydroxylation is 2. The predicted octanol–water partition coefficient (Wildman–Crippen LogP) is 3.46. The third-order valence-corrected chi connectivity index (χ3v) is 4.64. The average Bonchev–Trinajstić information content (AvgIpc) is 3.07. The third kappa shape index (κ3) is 2.47. The van der Waals surface area contributed by atoms with E-state index in [0.29, 0.717) is 11.7 Å². The molecule has 2 aliphatic carbocycles. The Morgan fingerprint density at radius 3 is 2.82 bits per heavy atom. The average molecular weight is 293 g/mol. The minimum Gasteiger partial charge on any atom is -0.298 e. The summed E-state index contributed by atoms with van der Waals surface area (Å²) in [6.45, 7) is 0. The molecular formula is C15H17BrO. The largest absolute Gasteiger partial charge is 0.298 e. The Bertz CT molecular complexity index is 448. The molecule has 1 saturated carbocycles. The van der Waals surface area contributed by atoms with Crippen molar-refractivity contribution < 1.29 is 4.79 Å². The lowest BCUT2D eigenvalue weighted by Crippen LogP contribution is -2.18. The first-order valence-corrected chi connectivity index (χ1v) is 7.44. The molecule has 0 spiro atoms. The van der Waals surface area contributed by atoms with Crippen LogP contribution in [0.25, 0.3) is 0 Å². The molecule has 3 rings (SSSR count). The van der Waals surface area contributed by atoms with Gasteiger partial charge in [-0.15, -0.1) is 0 Å². The lowest BCUT2D eigenvalue weighted by Gasteiger charge is -2.09. The fourth-order valence-electron chi connectivity index (χ4n) is 2.68. The standard InChI is InChI=1S/C15H17BrO/c16-14(15(17)12-6-7-12)9-10-4-5-11-2-1-3-13(11)8-10/h4-5,8,12,14H,1-3,6-7,9H2. The number of halogens is 1. The zero-order chi connectivity index (χ0) is 11.8.